The molecule has 1 N–H and O–H groups in total. The second-order valence-corrected chi connectivity index (χ2v) is 7.48. The highest BCUT2D eigenvalue weighted by Crippen LogP contribution is 2.30. The summed E-state index contributed by atoms with van der Waals surface area (Å²) in [5.41, 5.74) is 3.26. The normalized spacial score (nSPS) is 15.3. The van der Waals surface area contributed by atoms with Crippen LogP contribution in [0, 0.1) is 0 Å². The molecule has 1 fully saturated rings. The van der Waals surface area contributed by atoms with Crippen LogP contribution in [-0.2, 0) is 24.4 Å². The number of morpholine rings is 1. The van der Waals surface area contributed by atoms with Gasteiger partial charge in [-0.3, -0.25) is 4.90 Å². The van der Waals surface area contributed by atoms with E-state index in [-0.39, 0.29) is 0 Å². The molecule has 0 unspecified atom stereocenters. The number of alkyl halides is 1. The Kier molecular flexibility index (Phi) is 7.43. The fourth-order valence-electron chi connectivity index (χ4n) is 3.03. The minimum atomic E-state index is -0.458. The zero-order valence-corrected chi connectivity index (χ0v) is 16.0. The largest absolute Gasteiger partial charge is 0.379 e. The highest BCUT2D eigenvalue weighted by molar-refractivity contribution is 7.99. The average Bonchev–Trinajstić information content (AvgIpc) is 2.69. The van der Waals surface area contributed by atoms with Crippen LogP contribution in [0.5, 0.6) is 0 Å². The minimum Gasteiger partial charge on any atom is -0.379 e. The Labute approximate surface area is 159 Å². The molecule has 0 atom stereocenters. The quantitative estimate of drug-likeness (QED) is 0.766. The van der Waals surface area contributed by atoms with Gasteiger partial charge in [-0.2, -0.15) is 0 Å². The smallest absolute Gasteiger partial charge is 0.115 e. The van der Waals surface area contributed by atoms with E-state index in [1.54, 1.807) is 24.0 Å². The first-order valence-electron chi connectivity index (χ1n) is 9.03. The van der Waals surface area contributed by atoms with Crippen molar-refractivity contribution < 1.29 is 9.13 Å². The molecule has 1 aromatic heterocycles. The van der Waals surface area contributed by atoms with Crippen LogP contribution in [0.15, 0.2) is 46.5 Å². The molecule has 0 aliphatic carbocycles. The Balaban J connectivity index is 1.69. The van der Waals surface area contributed by atoms with E-state index in [4.69, 9.17) is 4.74 Å². The number of aromatic nitrogens is 1. The van der Waals surface area contributed by atoms with E-state index in [1.807, 2.05) is 13.1 Å². The molecule has 140 valence electrons. The second-order valence-electron chi connectivity index (χ2n) is 6.41. The molecule has 0 radical (unpaired) electrons. The van der Waals surface area contributed by atoms with Crippen molar-refractivity contribution in [2.24, 2.45) is 0 Å². The molecule has 3 rings (SSSR count). The van der Waals surface area contributed by atoms with Gasteiger partial charge in [-0.15, -0.1) is 0 Å². The molecule has 1 aromatic carbocycles. The Hall–Kier alpha value is -1.47. The molecule has 0 amide bonds. The second kappa shape index (κ2) is 10.0. The number of rotatable bonds is 8. The summed E-state index contributed by atoms with van der Waals surface area (Å²) in [7, 11) is 1.96. The van der Waals surface area contributed by atoms with E-state index < -0.39 is 6.67 Å². The van der Waals surface area contributed by atoms with Gasteiger partial charge in [0, 0.05) is 37.3 Å². The molecule has 0 bridgehead atoms. The van der Waals surface area contributed by atoms with Crippen LogP contribution >= 0.6 is 11.8 Å². The van der Waals surface area contributed by atoms with Crippen molar-refractivity contribution in [1.29, 1.82) is 0 Å². The lowest BCUT2D eigenvalue weighted by Crippen LogP contribution is -2.37. The molecule has 2 aromatic rings. The molecule has 0 spiro atoms. The summed E-state index contributed by atoms with van der Waals surface area (Å²) < 4.78 is 18.3. The Bertz CT molecular complexity index is 707. The van der Waals surface area contributed by atoms with Crippen LogP contribution in [0.4, 0.5) is 4.39 Å². The van der Waals surface area contributed by atoms with Crippen molar-refractivity contribution in [1.82, 2.24) is 15.2 Å². The van der Waals surface area contributed by atoms with Crippen molar-refractivity contribution in [2.45, 2.75) is 29.6 Å². The first-order chi connectivity index (χ1) is 12.8. The number of nitrogens with zero attached hydrogens (tertiary/aromatic N) is 2. The lowest BCUT2D eigenvalue weighted by molar-refractivity contribution is 0.0384. The summed E-state index contributed by atoms with van der Waals surface area (Å²) in [4.78, 5) is 7.98. The molecule has 6 heteroatoms. The average molecular weight is 376 g/mol. The van der Waals surface area contributed by atoms with E-state index in [0.29, 0.717) is 5.56 Å². The number of hydrogen-bond acceptors (Lipinski definition) is 5. The van der Waals surface area contributed by atoms with Gasteiger partial charge in [0.2, 0.25) is 0 Å². The van der Waals surface area contributed by atoms with E-state index in [0.717, 1.165) is 55.7 Å². The van der Waals surface area contributed by atoms with E-state index in [1.165, 1.54) is 11.1 Å². The summed E-state index contributed by atoms with van der Waals surface area (Å²) in [5, 5.41) is 4.08. The minimum absolute atomic E-state index is 0.458. The Morgan fingerprint density at radius 1 is 1.19 bits per heavy atom. The van der Waals surface area contributed by atoms with Crippen LogP contribution < -0.4 is 5.32 Å². The van der Waals surface area contributed by atoms with E-state index in [9.17, 15) is 4.39 Å². The number of nitrogens with one attached hydrogen (secondary N) is 1. The van der Waals surface area contributed by atoms with Gasteiger partial charge in [-0.1, -0.05) is 23.9 Å². The van der Waals surface area contributed by atoms with Crippen molar-refractivity contribution in [3.05, 3.63) is 53.2 Å². The Morgan fingerprint density at radius 3 is 2.81 bits per heavy atom. The standard InChI is InChI=1S/C20H26FN3OS/c1-22-15-18-12-16(5-7-24-8-10-25-11-9-24)2-3-19(18)26-20-13-17(14-21)4-6-23-20/h2-4,6,12-13,22H,5,7-11,14-15H2,1H3. The molecule has 2 heterocycles. The highest BCUT2D eigenvalue weighted by Gasteiger charge is 2.11. The van der Waals surface area contributed by atoms with E-state index >= 15 is 0 Å². The molecular weight excluding hydrogens is 349 g/mol. The van der Waals surface area contributed by atoms with Gasteiger partial charge in [0.15, 0.2) is 0 Å². The van der Waals surface area contributed by atoms with Gasteiger partial charge >= 0.3 is 0 Å². The molecule has 1 saturated heterocycles. The zero-order valence-electron chi connectivity index (χ0n) is 15.2. The van der Waals surface area contributed by atoms with Crippen molar-refractivity contribution in [3.8, 4) is 0 Å². The third-order valence-electron chi connectivity index (χ3n) is 4.48. The maximum absolute atomic E-state index is 12.9. The molecule has 1 aliphatic heterocycles. The maximum Gasteiger partial charge on any atom is 0.115 e. The number of ether oxygens (including phenoxy) is 1. The monoisotopic (exact) mass is 375 g/mol. The van der Waals surface area contributed by atoms with Gasteiger partial charge in [0.25, 0.3) is 0 Å². The summed E-state index contributed by atoms with van der Waals surface area (Å²) in [6.45, 7) is 5.13. The molecule has 26 heavy (non-hydrogen) atoms. The number of hydrogen-bond donors (Lipinski definition) is 1. The molecular formula is C20H26FN3OS. The highest BCUT2D eigenvalue weighted by atomic mass is 32.2. The van der Waals surface area contributed by atoms with Crippen molar-refractivity contribution in [3.63, 3.8) is 0 Å². The fraction of sp³-hybridized carbons (Fsp3) is 0.450. The first-order valence-corrected chi connectivity index (χ1v) is 9.85. The van der Waals surface area contributed by atoms with Gasteiger partial charge < -0.3 is 10.1 Å². The lowest BCUT2D eigenvalue weighted by atomic mass is 10.1. The van der Waals surface area contributed by atoms with Gasteiger partial charge in [0.1, 0.15) is 11.7 Å². The number of pyridine rings is 1. The van der Waals surface area contributed by atoms with Crippen LogP contribution in [0.2, 0.25) is 0 Å². The summed E-state index contributed by atoms with van der Waals surface area (Å²) in [6.07, 6.45) is 2.71. The summed E-state index contributed by atoms with van der Waals surface area (Å²) >= 11 is 1.59. The maximum atomic E-state index is 12.9. The van der Waals surface area contributed by atoms with Gasteiger partial charge in [0.05, 0.1) is 13.2 Å². The third-order valence-corrected chi connectivity index (χ3v) is 5.53. The van der Waals surface area contributed by atoms with Crippen LogP contribution in [-0.4, -0.2) is 49.8 Å². The lowest BCUT2D eigenvalue weighted by Gasteiger charge is -2.26. The summed E-state index contributed by atoms with van der Waals surface area (Å²) in [5.74, 6) is 0. The SMILES string of the molecule is CNCc1cc(CCN2CCOCC2)ccc1Sc1cc(CF)ccn1. The molecule has 4 nitrogen and oxygen atoms in total. The zero-order chi connectivity index (χ0) is 18.2. The van der Waals surface area contributed by atoms with Crippen LogP contribution in [0.1, 0.15) is 16.7 Å². The topological polar surface area (TPSA) is 37.4 Å². The number of halogens is 1. The summed E-state index contributed by atoms with van der Waals surface area (Å²) in [6, 6.07) is 10.2. The van der Waals surface area contributed by atoms with Gasteiger partial charge in [-0.25, -0.2) is 9.37 Å². The Morgan fingerprint density at radius 2 is 2.04 bits per heavy atom. The van der Waals surface area contributed by atoms with Crippen LogP contribution in [0.25, 0.3) is 0 Å². The van der Waals surface area contributed by atoms with E-state index in [2.05, 4.69) is 33.4 Å². The molecule has 1 aliphatic rings. The first kappa shape index (κ1) is 19.3. The predicted octanol–water partition coefficient (Wildman–Crippen LogP) is 3.30. The van der Waals surface area contributed by atoms with Crippen molar-refractivity contribution in [2.75, 3.05) is 39.9 Å². The van der Waals surface area contributed by atoms with Crippen LogP contribution in [0.3, 0.4) is 0 Å². The molecule has 0 saturated carbocycles. The van der Waals surface area contributed by atoms with Crippen molar-refractivity contribution >= 4 is 11.8 Å². The predicted molar refractivity (Wildman–Crippen MR) is 103 cm³/mol. The van der Waals surface area contributed by atoms with Gasteiger partial charge in [-0.05, 0) is 48.4 Å². The fourth-order valence-corrected chi connectivity index (χ4v) is 3.98. The number of benzene rings is 1. The third kappa shape index (κ3) is 5.51.